The Labute approximate surface area is 123 Å². The van der Waals surface area contributed by atoms with Gasteiger partial charge in [-0.25, -0.2) is 8.78 Å². The predicted molar refractivity (Wildman–Crippen MR) is 78.8 cm³/mol. The molecule has 0 saturated heterocycles. The summed E-state index contributed by atoms with van der Waals surface area (Å²) >= 11 is 0. The van der Waals surface area contributed by atoms with E-state index in [9.17, 15) is 13.9 Å². The highest BCUT2D eigenvalue weighted by molar-refractivity contribution is 5.24. The van der Waals surface area contributed by atoms with Gasteiger partial charge in [-0.3, -0.25) is 0 Å². The van der Waals surface area contributed by atoms with Gasteiger partial charge in [-0.1, -0.05) is 37.3 Å². The molecule has 1 unspecified atom stereocenters. The van der Waals surface area contributed by atoms with Crippen LogP contribution >= 0.6 is 0 Å². The van der Waals surface area contributed by atoms with Gasteiger partial charge in [0.15, 0.2) is 0 Å². The molecular formula is C17H19F2NO. The molecule has 21 heavy (non-hydrogen) atoms. The van der Waals surface area contributed by atoms with E-state index in [4.69, 9.17) is 0 Å². The summed E-state index contributed by atoms with van der Waals surface area (Å²) in [6.45, 7) is 1.78. The molecular weight excluding hydrogens is 272 g/mol. The number of benzene rings is 2. The highest BCUT2D eigenvalue weighted by atomic mass is 19.1. The first-order chi connectivity index (χ1) is 10.2. The topological polar surface area (TPSA) is 32.3 Å². The lowest BCUT2D eigenvalue weighted by Gasteiger charge is -2.25. The van der Waals surface area contributed by atoms with Crippen molar-refractivity contribution in [2.24, 2.45) is 0 Å². The van der Waals surface area contributed by atoms with Crippen LogP contribution in [0.1, 0.15) is 36.6 Å². The minimum Gasteiger partial charge on any atom is -0.394 e. The fourth-order valence-electron chi connectivity index (χ4n) is 2.39. The van der Waals surface area contributed by atoms with Crippen molar-refractivity contribution in [3.63, 3.8) is 0 Å². The van der Waals surface area contributed by atoms with Crippen molar-refractivity contribution in [2.75, 3.05) is 6.61 Å². The van der Waals surface area contributed by atoms with Crippen LogP contribution in [-0.4, -0.2) is 11.7 Å². The molecule has 0 aliphatic carbocycles. The van der Waals surface area contributed by atoms with E-state index in [1.807, 2.05) is 37.3 Å². The Morgan fingerprint density at radius 2 is 1.76 bits per heavy atom. The molecule has 0 radical (unpaired) electrons. The van der Waals surface area contributed by atoms with Crippen LogP contribution in [0.15, 0.2) is 48.5 Å². The van der Waals surface area contributed by atoms with Crippen molar-refractivity contribution >= 4 is 0 Å². The van der Waals surface area contributed by atoms with Crippen molar-refractivity contribution in [1.82, 2.24) is 5.32 Å². The third-order valence-corrected chi connectivity index (χ3v) is 3.53. The number of halogens is 2. The first kappa shape index (κ1) is 15.6. The summed E-state index contributed by atoms with van der Waals surface area (Å²) < 4.78 is 27.2. The van der Waals surface area contributed by atoms with Crippen LogP contribution in [-0.2, 0) is 0 Å². The number of aliphatic hydroxyl groups excluding tert-OH is 1. The predicted octanol–water partition coefficient (Wildman–Crippen LogP) is 3.74. The van der Waals surface area contributed by atoms with Gasteiger partial charge in [0.25, 0.3) is 0 Å². The number of rotatable bonds is 6. The van der Waals surface area contributed by atoms with E-state index >= 15 is 0 Å². The molecule has 0 spiro atoms. The zero-order chi connectivity index (χ0) is 15.2. The largest absolute Gasteiger partial charge is 0.394 e. The van der Waals surface area contributed by atoms with Crippen LogP contribution < -0.4 is 5.32 Å². The number of hydrogen-bond acceptors (Lipinski definition) is 2. The van der Waals surface area contributed by atoms with Crippen molar-refractivity contribution < 1.29 is 13.9 Å². The zero-order valence-corrected chi connectivity index (χ0v) is 11.9. The molecule has 0 bridgehead atoms. The number of aliphatic hydroxyl groups is 1. The number of hydrogen-bond donors (Lipinski definition) is 2. The van der Waals surface area contributed by atoms with E-state index < -0.39 is 11.6 Å². The zero-order valence-electron chi connectivity index (χ0n) is 11.9. The van der Waals surface area contributed by atoms with Crippen molar-refractivity contribution in [3.8, 4) is 0 Å². The molecule has 0 aliphatic rings. The van der Waals surface area contributed by atoms with E-state index in [1.54, 1.807) is 0 Å². The summed E-state index contributed by atoms with van der Waals surface area (Å²) in [6.07, 6.45) is 0.587. The summed E-state index contributed by atoms with van der Waals surface area (Å²) in [5.74, 6) is -0.910. The van der Waals surface area contributed by atoms with Crippen molar-refractivity contribution in [3.05, 3.63) is 71.3 Å². The Balaban J connectivity index is 2.23. The molecule has 0 aliphatic heterocycles. The second-order valence-corrected chi connectivity index (χ2v) is 4.94. The van der Waals surface area contributed by atoms with Gasteiger partial charge in [-0.2, -0.15) is 0 Å². The van der Waals surface area contributed by atoms with Crippen molar-refractivity contribution in [1.29, 1.82) is 0 Å². The van der Waals surface area contributed by atoms with E-state index in [0.717, 1.165) is 17.7 Å². The van der Waals surface area contributed by atoms with Gasteiger partial charge in [-0.15, -0.1) is 0 Å². The van der Waals surface area contributed by atoms with Crippen LogP contribution in [0.5, 0.6) is 0 Å². The SMILES string of the molecule is CCC(N[C@H](CO)c1ccccc1)c1cc(F)ccc1F. The van der Waals surface area contributed by atoms with Crippen LogP contribution in [0, 0.1) is 11.6 Å². The molecule has 4 heteroatoms. The molecule has 0 saturated carbocycles. The van der Waals surface area contributed by atoms with Crippen LogP contribution in [0.25, 0.3) is 0 Å². The molecule has 2 atom stereocenters. The summed E-state index contributed by atoms with van der Waals surface area (Å²) in [5.41, 5.74) is 1.20. The molecule has 2 aromatic rings. The number of nitrogens with one attached hydrogen (secondary N) is 1. The second kappa shape index (κ2) is 7.29. The lowest BCUT2D eigenvalue weighted by molar-refractivity contribution is 0.230. The van der Waals surface area contributed by atoms with Gasteiger partial charge in [0.1, 0.15) is 11.6 Å². The standard InChI is InChI=1S/C17H19F2NO/c1-2-16(14-10-13(18)8-9-15(14)19)20-17(11-21)12-6-4-3-5-7-12/h3-10,16-17,20-21H,2,11H2,1H3/t16?,17-/m1/s1. The molecule has 112 valence electrons. The lowest BCUT2D eigenvalue weighted by atomic mass is 10.00. The minimum atomic E-state index is -0.466. The lowest BCUT2D eigenvalue weighted by Crippen LogP contribution is -2.29. The minimum absolute atomic E-state index is 0.114. The molecule has 0 aromatic heterocycles. The molecule has 2 nitrogen and oxygen atoms in total. The fraction of sp³-hybridized carbons (Fsp3) is 0.294. The Hall–Kier alpha value is -1.78. The van der Waals surface area contributed by atoms with Gasteiger partial charge in [-0.05, 0) is 30.2 Å². The molecule has 0 fully saturated rings. The fourth-order valence-corrected chi connectivity index (χ4v) is 2.39. The van der Waals surface area contributed by atoms with E-state index in [-0.39, 0.29) is 24.3 Å². The molecule has 0 amide bonds. The first-order valence-electron chi connectivity index (χ1n) is 7.02. The Kier molecular flexibility index (Phi) is 5.42. The van der Waals surface area contributed by atoms with E-state index in [2.05, 4.69) is 5.32 Å². The third-order valence-electron chi connectivity index (χ3n) is 3.53. The Morgan fingerprint density at radius 1 is 1.05 bits per heavy atom. The van der Waals surface area contributed by atoms with E-state index in [0.29, 0.717) is 6.42 Å². The second-order valence-electron chi connectivity index (χ2n) is 4.94. The highest BCUT2D eigenvalue weighted by Gasteiger charge is 2.19. The van der Waals surface area contributed by atoms with Gasteiger partial charge in [0, 0.05) is 11.6 Å². The molecule has 2 N–H and O–H groups in total. The average molecular weight is 291 g/mol. The smallest absolute Gasteiger partial charge is 0.128 e. The maximum atomic E-state index is 13.9. The maximum Gasteiger partial charge on any atom is 0.128 e. The molecule has 0 heterocycles. The summed E-state index contributed by atoms with van der Waals surface area (Å²) in [7, 11) is 0. The first-order valence-corrected chi connectivity index (χ1v) is 7.02. The van der Waals surface area contributed by atoms with E-state index in [1.165, 1.54) is 6.07 Å². The van der Waals surface area contributed by atoms with Crippen LogP contribution in [0.3, 0.4) is 0 Å². The van der Waals surface area contributed by atoms with Gasteiger partial charge in [0.05, 0.1) is 12.6 Å². The average Bonchev–Trinajstić information content (AvgIpc) is 2.52. The van der Waals surface area contributed by atoms with Gasteiger partial charge in [0.2, 0.25) is 0 Å². The summed E-state index contributed by atoms with van der Waals surface area (Å²) in [5, 5.41) is 12.8. The normalized spacial score (nSPS) is 13.9. The molecule has 2 aromatic carbocycles. The Morgan fingerprint density at radius 3 is 2.38 bits per heavy atom. The van der Waals surface area contributed by atoms with Crippen molar-refractivity contribution in [2.45, 2.75) is 25.4 Å². The van der Waals surface area contributed by atoms with Crippen LogP contribution in [0.2, 0.25) is 0 Å². The van der Waals surface area contributed by atoms with Gasteiger partial charge < -0.3 is 10.4 Å². The summed E-state index contributed by atoms with van der Waals surface area (Å²) in [4.78, 5) is 0. The third kappa shape index (κ3) is 3.86. The van der Waals surface area contributed by atoms with Gasteiger partial charge >= 0.3 is 0 Å². The quantitative estimate of drug-likeness (QED) is 0.850. The molecule has 2 rings (SSSR count). The highest BCUT2D eigenvalue weighted by Crippen LogP contribution is 2.25. The maximum absolute atomic E-state index is 13.9. The Bertz CT molecular complexity index is 574. The van der Waals surface area contributed by atoms with Crippen LogP contribution in [0.4, 0.5) is 8.78 Å². The summed E-state index contributed by atoms with van der Waals surface area (Å²) in [6, 6.07) is 12.2. The monoisotopic (exact) mass is 291 g/mol.